The van der Waals surface area contributed by atoms with Crippen LogP contribution in [0.3, 0.4) is 0 Å². The number of nitrogens with zero attached hydrogens (tertiary/aromatic N) is 1. The zero-order valence-electron chi connectivity index (χ0n) is 14.1. The molecule has 0 spiro atoms. The molecule has 25 heavy (non-hydrogen) atoms. The molecule has 0 aliphatic carbocycles. The molecule has 0 saturated carbocycles. The highest BCUT2D eigenvalue weighted by molar-refractivity contribution is 6.05. The number of ether oxygens (including phenoxy) is 1. The summed E-state index contributed by atoms with van der Waals surface area (Å²) in [6.45, 7) is 2.03. The first-order valence-corrected chi connectivity index (χ1v) is 7.89. The van der Waals surface area contributed by atoms with Crippen molar-refractivity contribution in [3.63, 3.8) is 0 Å². The van der Waals surface area contributed by atoms with Crippen molar-refractivity contribution in [3.05, 3.63) is 78.1 Å². The molecule has 0 radical (unpaired) electrons. The summed E-state index contributed by atoms with van der Waals surface area (Å²) >= 11 is 0. The quantitative estimate of drug-likeness (QED) is 0.727. The van der Waals surface area contributed by atoms with Crippen LogP contribution in [0, 0.1) is 6.92 Å². The van der Waals surface area contributed by atoms with E-state index in [-0.39, 0.29) is 5.91 Å². The number of hydrogen-bond donors (Lipinski definition) is 2. The Hall–Kier alpha value is -3.34. The second-order valence-corrected chi connectivity index (χ2v) is 5.61. The van der Waals surface area contributed by atoms with Gasteiger partial charge in [0.15, 0.2) is 0 Å². The topological polar surface area (TPSA) is 63.2 Å². The van der Waals surface area contributed by atoms with E-state index in [2.05, 4.69) is 15.6 Å². The number of aromatic nitrogens is 1. The van der Waals surface area contributed by atoms with Gasteiger partial charge in [-0.2, -0.15) is 0 Å². The van der Waals surface area contributed by atoms with E-state index < -0.39 is 0 Å². The molecular weight excluding hydrogens is 314 g/mol. The number of anilines is 3. The van der Waals surface area contributed by atoms with Crippen LogP contribution in [0.4, 0.5) is 17.1 Å². The van der Waals surface area contributed by atoms with Gasteiger partial charge in [0.25, 0.3) is 5.91 Å². The van der Waals surface area contributed by atoms with Gasteiger partial charge >= 0.3 is 0 Å². The molecule has 2 N–H and O–H groups in total. The third-order valence-corrected chi connectivity index (χ3v) is 3.66. The molecule has 5 heteroatoms. The molecule has 0 unspecified atom stereocenters. The Kier molecular flexibility index (Phi) is 4.95. The maximum atomic E-state index is 12.5. The fraction of sp³-hybridized carbons (Fsp3) is 0.100. The Bertz CT molecular complexity index is 893. The number of para-hydroxylation sites is 2. The lowest BCUT2D eigenvalue weighted by Gasteiger charge is -2.11. The Labute approximate surface area is 146 Å². The van der Waals surface area contributed by atoms with Crippen LogP contribution < -0.4 is 15.4 Å². The van der Waals surface area contributed by atoms with E-state index in [9.17, 15) is 4.79 Å². The molecular formula is C20H19N3O2. The SMILES string of the molecule is COc1ccccc1NC(=O)c1cncc(Nc2cccc(C)c2)c1. The molecule has 126 valence electrons. The summed E-state index contributed by atoms with van der Waals surface area (Å²) in [7, 11) is 1.57. The molecule has 0 bridgehead atoms. The van der Waals surface area contributed by atoms with Gasteiger partial charge in [-0.15, -0.1) is 0 Å². The van der Waals surface area contributed by atoms with Crippen LogP contribution in [-0.2, 0) is 0 Å². The molecule has 1 amide bonds. The predicted octanol–water partition coefficient (Wildman–Crippen LogP) is 4.39. The van der Waals surface area contributed by atoms with Crippen LogP contribution >= 0.6 is 0 Å². The number of hydrogen-bond acceptors (Lipinski definition) is 4. The summed E-state index contributed by atoms with van der Waals surface area (Å²) in [6, 6.07) is 17.0. The summed E-state index contributed by atoms with van der Waals surface area (Å²) in [4.78, 5) is 16.7. The van der Waals surface area contributed by atoms with E-state index in [4.69, 9.17) is 4.74 Å². The van der Waals surface area contributed by atoms with E-state index in [0.717, 1.165) is 16.9 Å². The summed E-state index contributed by atoms with van der Waals surface area (Å²) in [5.41, 5.74) is 3.93. The van der Waals surface area contributed by atoms with Gasteiger partial charge in [-0.05, 0) is 42.8 Å². The van der Waals surface area contributed by atoms with E-state index in [1.165, 1.54) is 6.20 Å². The average Bonchev–Trinajstić information content (AvgIpc) is 2.62. The van der Waals surface area contributed by atoms with Gasteiger partial charge in [-0.1, -0.05) is 24.3 Å². The number of rotatable bonds is 5. The minimum atomic E-state index is -0.245. The lowest BCUT2D eigenvalue weighted by molar-refractivity contribution is 0.102. The Morgan fingerprint density at radius 2 is 1.84 bits per heavy atom. The normalized spacial score (nSPS) is 10.2. The van der Waals surface area contributed by atoms with Crippen LogP contribution in [0.1, 0.15) is 15.9 Å². The molecule has 1 aromatic heterocycles. The first-order valence-electron chi connectivity index (χ1n) is 7.89. The van der Waals surface area contributed by atoms with Gasteiger partial charge in [-0.3, -0.25) is 9.78 Å². The number of pyridine rings is 1. The highest BCUT2D eigenvalue weighted by atomic mass is 16.5. The summed E-state index contributed by atoms with van der Waals surface area (Å²) < 4.78 is 5.25. The molecule has 0 saturated heterocycles. The second-order valence-electron chi connectivity index (χ2n) is 5.61. The lowest BCUT2D eigenvalue weighted by Crippen LogP contribution is -2.13. The molecule has 1 heterocycles. The van der Waals surface area contributed by atoms with Gasteiger partial charge in [0.05, 0.1) is 30.2 Å². The van der Waals surface area contributed by atoms with E-state index in [1.807, 2.05) is 43.3 Å². The van der Waals surface area contributed by atoms with E-state index in [0.29, 0.717) is 17.0 Å². The third-order valence-electron chi connectivity index (χ3n) is 3.66. The van der Waals surface area contributed by atoms with Crippen molar-refractivity contribution in [2.45, 2.75) is 6.92 Å². The van der Waals surface area contributed by atoms with Gasteiger partial charge in [0.2, 0.25) is 0 Å². The molecule has 0 atom stereocenters. The molecule has 3 aromatic rings. The molecule has 0 aliphatic heterocycles. The molecule has 5 nitrogen and oxygen atoms in total. The van der Waals surface area contributed by atoms with Crippen molar-refractivity contribution < 1.29 is 9.53 Å². The smallest absolute Gasteiger partial charge is 0.257 e. The Morgan fingerprint density at radius 1 is 1.00 bits per heavy atom. The molecule has 0 fully saturated rings. The van der Waals surface area contributed by atoms with Crippen molar-refractivity contribution in [2.24, 2.45) is 0 Å². The summed E-state index contributed by atoms with van der Waals surface area (Å²) in [5, 5.41) is 6.11. The largest absolute Gasteiger partial charge is 0.495 e. The predicted molar refractivity (Wildman–Crippen MR) is 99.6 cm³/mol. The Morgan fingerprint density at radius 3 is 2.64 bits per heavy atom. The second kappa shape index (κ2) is 7.49. The fourth-order valence-electron chi connectivity index (χ4n) is 2.46. The van der Waals surface area contributed by atoms with Crippen LogP contribution in [0.15, 0.2) is 67.0 Å². The van der Waals surface area contributed by atoms with Crippen molar-refractivity contribution in [3.8, 4) is 5.75 Å². The van der Waals surface area contributed by atoms with Crippen LogP contribution in [0.5, 0.6) is 5.75 Å². The molecule has 2 aromatic carbocycles. The van der Waals surface area contributed by atoms with Crippen molar-refractivity contribution in [1.29, 1.82) is 0 Å². The molecule has 0 aliphatic rings. The maximum Gasteiger partial charge on any atom is 0.257 e. The van der Waals surface area contributed by atoms with E-state index in [1.54, 1.807) is 31.5 Å². The van der Waals surface area contributed by atoms with Crippen molar-refractivity contribution >= 4 is 23.0 Å². The minimum absolute atomic E-state index is 0.245. The maximum absolute atomic E-state index is 12.5. The van der Waals surface area contributed by atoms with Crippen molar-refractivity contribution in [1.82, 2.24) is 4.98 Å². The highest BCUT2D eigenvalue weighted by Gasteiger charge is 2.10. The standard InChI is InChI=1S/C20H19N3O2/c1-14-6-5-7-16(10-14)22-17-11-15(12-21-13-17)20(24)23-18-8-3-4-9-19(18)25-2/h3-13,22H,1-2H3,(H,23,24). The number of aryl methyl sites for hydroxylation is 1. The van der Waals surface area contributed by atoms with Gasteiger partial charge in [-0.25, -0.2) is 0 Å². The van der Waals surface area contributed by atoms with Crippen LogP contribution in [-0.4, -0.2) is 18.0 Å². The third kappa shape index (κ3) is 4.14. The lowest BCUT2D eigenvalue weighted by atomic mass is 10.2. The molecule has 3 rings (SSSR count). The zero-order valence-corrected chi connectivity index (χ0v) is 14.1. The summed E-state index contributed by atoms with van der Waals surface area (Å²) in [6.07, 6.45) is 3.22. The van der Waals surface area contributed by atoms with Crippen molar-refractivity contribution in [2.75, 3.05) is 17.7 Å². The number of methoxy groups -OCH3 is 1. The fourth-order valence-corrected chi connectivity index (χ4v) is 2.46. The average molecular weight is 333 g/mol. The number of carbonyl (C=O) groups excluding carboxylic acids is 1. The van der Waals surface area contributed by atoms with Gasteiger partial charge in [0.1, 0.15) is 5.75 Å². The monoisotopic (exact) mass is 333 g/mol. The van der Waals surface area contributed by atoms with Gasteiger partial charge in [0, 0.05) is 11.9 Å². The minimum Gasteiger partial charge on any atom is -0.495 e. The number of benzene rings is 2. The van der Waals surface area contributed by atoms with Crippen LogP contribution in [0.25, 0.3) is 0 Å². The summed E-state index contributed by atoms with van der Waals surface area (Å²) in [5.74, 6) is 0.364. The van der Waals surface area contributed by atoms with Gasteiger partial charge < -0.3 is 15.4 Å². The van der Waals surface area contributed by atoms with Crippen LogP contribution in [0.2, 0.25) is 0 Å². The number of carbonyl (C=O) groups is 1. The first kappa shape index (κ1) is 16.5. The van der Waals surface area contributed by atoms with E-state index >= 15 is 0 Å². The zero-order chi connectivity index (χ0) is 17.6. The highest BCUT2D eigenvalue weighted by Crippen LogP contribution is 2.24. The Balaban J connectivity index is 1.77. The number of nitrogens with one attached hydrogen (secondary N) is 2. The number of amides is 1. The first-order chi connectivity index (χ1) is 12.2.